The molecule has 2 bridgehead atoms. The van der Waals surface area contributed by atoms with Crippen LogP contribution in [0, 0.1) is 11.3 Å². The SMILES string of the molecule is CC(C)(C)OC(=O)N1[C@@H]2CC[C@H]1CC1(C[C@@H]([C@@H]3c4ccccc4-c4cncn43)[C@@H]1O)C2. The molecule has 3 aliphatic heterocycles. The van der Waals surface area contributed by atoms with Gasteiger partial charge in [-0.25, -0.2) is 9.78 Å². The van der Waals surface area contributed by atoms with Crippen molar-refractivity contribution in [2.75, 3.05) is 0 Å². The zero-order valence-corrected chi connectivity index (χ0v) is 18.5. The van der Waals surface area contributed by atoms with Crippen molar-refractivity contribution < 1.29 is 14.6 Å². The molecule has 4 heterocycles. The van der Waals surface area contributed by atoms with Gasteiger partial charge in [0.25, 0.3) is 0 Å². The van der Waals surface area contributed by atoms with Crippen LogP contribution in [0.25, 0.3) is 11.3 Å². The van der Waals surface area contributed by atoms with Crippen molar-refractivity contribution in [3.63, 3.8) is 0 Å². The minimum Gasteiger partial charge on any atom is -0.444 e. The quantitative estimate of drug-likeness (QED) is 0.742. The lowest BCUT2D eigenvalue weighted by Crippen LogP contribution is -2.62. The van der Waals surface area contributed by atoms with Crippen molar-refractivity contribution in [3.8, 4) is 11.3 Å². The first-order valence-corrected chi connectivity index (χ1v) is 11.6. The predicted octanol–water partition coefficient (Wildman–Crippen LogP) is 4.38. The molecule has 1 spiro atoms. The van der Waals surface area contributed by atoms with E-state index >= 15 is 0 Å². The molecule has 1 aromatic heterocycles. The summed E-state index contributed by atoms with van der Waals surface area (Å²) in [5.74, 6) is 0.184. The summed E-state index contributed by atoms with van der Waals surface area (Å²) in [6.07, 6.45) is 8.08. The minimum absolute atomic E-state index is 0.0761. The van der Waals surface area contributed by atoms with Crippen molar-refractivity contribution in [2.45, 2.75) is 82.7 Å². The molecule has 6 atom stereocenters. The first-order valence-electron chi connectivity index (χ1n) is 11.6. The molecule has 1 N–H and O–H groups in total. The number of benzene rings is 1. The van der Waals surface area contributed by atoms with Gasteiger partial charge in [0.1, 0.15) is 5.60 Å². The van der Waals surface area contributed by atoms with Crippen molar-refractivity contribution in [2.24, 2.45) is 11.3 Å². The van der Waals surface area contributed by atoms with Gasteiger partial charge in [-0.1, -0.05) is 24.3 Å². The van der Waals surface area contributed by atoms with E-state index in [0.717, 1.165) is 37.8 Å². The van der Waals surface area contributed by atoms with Crippen LogP contribution >= 0.6 is 0 Å². The van der Waals surface area contributed by atoms with E-state index in [0.29, 0.717) is 0 Å². The molecule has 6 heteroatoms. The number of nitrogens with zero attached hydrogens (tertiary/aromatic N) is 3. The van der Waals surface area contributed by atoms with Crippen LogP contribution < -0.4 is 0 Å². The van der Waals surface area contributed by atoms with Crippen LogP contribution in [0.1, 0.15) is 64.5 Å². The second-order valence-electron chi connectivity index (χ2n) is 11.1. The number of amides is 1. The van der Waals surface area contributed by atoms with Crippen LogP contribution in [-0.2, 0) is 4.74 Å². The molecular weight excluding hydrogens is 390 g/mol. The van der Waals surface area contributed by atoms with E-state index in [4.69, 9.17) is 4.74 Å². The van der Waals surface area contributed by atoms with Crippen LogP contribution in [0.3, 0.4) is 0 Å². The number of fused-ring (bicyclic) bond motifs is 5. The molecule has 6 rings (SSSR count). The standard InChI is InChI=1S/C25H31N3O3/c1-24(2,3)31-23(30)28-15-8-9-16(28)11-25(10-15)12-19(22(25)29)21-18-7-5-4-6-17(18)20-13-26-14-27(20)21/h4-7,13-16,19,21-22,29H,8-12H2,1-3H3/t15-,16+,19-,21-,22-,25?/m0/s1. The summed E-state index contributed by atoms with van der Waals surface area (Å²) in [4.78, 5) is 19.2. The Bertz CT molecular complexity index is 1020. The van der Waals surface area contributed by atoms with Crippen LogP contribution in [0.15, 0.2) is 36.8 Å². The molecule has 31 heavy (non-hydrogen) atoms. The number of ether oxygens (including phenoxy) is 1. The molecule has 2 saturated heterocycles. The fourth-order valence-corrected chi connectivity index (χ4v) is 6.99. The molecule has 6 nitrogen and oxygen atoms in total. The van der Waals surface area contributed by atoms with Crippen LogP contribution in [0.5, 0.6) is 0 Å². The van der Waals surface area contributed by atoms with E-state index in [-0.39, 0.29) is 41.7 Å². The zero-order chi connectivity index (χ0) is 21.5. The van der Waals surface area contributed by atoms with E-state index in [9.17, 15) is 9.90 Å². The molecule has 164 valence electrons. The Morgan fingerprint density at radius 1 is 1.16 bits per heavy atom. The third-order valence-electron chi connectivity index (χ3n) is 8.11. The van der Waals surface area contributed by atoms with E-state index in [1.165, 1.54) is 11.1 Å². The van der Waals surface area contributed by atoms with Gasteiger partial charge < -0.3 is 19.3 Å². The van der Waals surface area contributed by atoms with E-state index < -0.39 is 5.60 Å². The fraction of sp³-hybridized carbons (Fsp3) is 0.600. The van der Waals surface area contributed by atoms with Gasteiger partial charge in [0, 0.05) is 29.0 Å². The van der Waals surface area contributed by atoms with Gasteiger partial charge in [0.05, 0.1) is 30.4 Å². The Morgan fingerprint density at radius 2 is 1.87 bits per heavy atom. The van der Waals surface area contributed by atoms with Gasteiger partial charge in [-0.2, -0.15) is 0 Å². The first kappa shape index (κ1) is 19.4. The summed E-state index contributed by atoms with van der Waals surface area (Å²) in [7, 11) is 0. The number of hydrogen-bond acceptors (Lipinski definition) is 4. The summed E-state index contributed by atoms with van der Waals surface area (Å²) in [6.45, 7) is 5.76. The largest absolute Gasteiger partial charge is 0.444 e. The summed E-state index contributed by atoms with van der Waals surface area (Å²) in [6, 6.07) is 9.03. The van der Waals surface area contributed by atoms with Crippen molar-refractivity contribution in [1.29, 1.82) is 0 Å². The summed E-state index contributed by atoms with van der Waals surface area (Å²) in [5, 5.41) is 11.5. The second kappa shape index (κ2) is 6.35. The number of carbonyl (C=O) groups is 1. The highest BCUT2D eigenvalue weighted by molar-refractivity contribution is 5.70. The highest BCUT2D eigenvalue weighted by Gasteiger charge is 2.63. The van der Waals surface area contributed by atoms with Crippen molar-refractivity contribution >= 4 is 6.09 Å². The van der Waals surface area contributed by atoms with Gasteiger partial charge in [-0.05, 0) is 58.4 Å². The van der Waals surface area contributed by atoms with Gasteiger partial charge in [-0.3, -0.25) is 0 Å². The lowest BCUT2D eigenvalue weighted by Gasteiger charge is -2.59. The number of aromatic nitrogens is 2. The maximum absolute atomic E-state index is 12.8. The van der Waals surface area contributed by atoms with Crippen LogP contribution in [-0.4, -0.2) is 49.4 Å². The number of piperidine rings is 1. The summed E-state index contributed by atoms with van der Waals surface area (Å²) >= 11 is 0. The molecule has 4 aliphatic rings. The molecule has 1 amide bonds. The summed E-state index contributed by atoms with van der Waals surface area (Å²) in [5.41, 5.74) is 3.12. The van der Waals surface area contributed by atoms with Gasteiger partial charge in [0.2, 0.25) is 0 Å². The van der Waals surface area contributed by atoms with Crippen molar-refractivity contribution in [1.82, 2.24) is 14.5 Å². The maximum Gasteiger partial charge on any atom is 0.410 e. The minimum atomic E-state index is -0.481. The smallest absolute Gasteiger partial charge is 0.410 e. The van der Waals surface area contributed by atoms with Gasteiger partial charge in [-0.15, -0.1) is 0 Å². The number of carbonyl (C=O) groups excluding carboxylic acids is 1. The molecule has 1 saturated carbocycles. The van der Waals surface area contributed by atoms with Crippen LogP contribution in [0.4, 0.5) is 4.79 Å². The molecule has 1 aromatic carbocycles. The number of rotatable bonds is 1. The molecule has 1 aliphatic carbocycles. The zero-order valence-electron chi connectivity index (χ0n) is 18.5. The fourth-order valence-electron chi connectivity index (χ4n) is 6.99. The highest BCUT2D eigenvalue weighted by Crippen LogP contribution is 2.63. The number of aliphatic hydroxyl groups is 1. The van der Waals surface area contributed by atoms with Gasteiger partial charge in [0.15, 0.2) is 0 Å². The van der Waals surface area contributed by atoms with Crippen molar-refractivity contribution in [3.05, 3.63) is 42.4 Å². The number of imidazole rings is 1. The first-order chi connectivity index (χ1) is 14.8. The third kappa shape index (κ3) is 2.73. The highest BCUT2D eigenvalue weighted by atomic mass is 16.6. The average molecular weight is 422 g/mol. The lowest BCUT2D eigenvalue weighted by molar-refractivity contribution is -0.168. The summed E-state index contributed by atoms with van der Waals surface area (Å²) < 4.78 is 7.94. The third-order valence-corrected chi connectivity index (χ3v) is 8.11. The molecule has 2 aromatic rings. The Balaban J connectivity index is 1.23. The molecule has 3 fully saturated rings. The normalized spacial score (nSPS) is 35.6. The molecule has 0 radical (unpaired) electrons. The van der Waals surface area contributed by atoms with E-state index in [1.807, 2.05) is 38.2 Å². The monoisotopic (exact) mass is 421 g/mol. The van der Waals surface area contributed by atoms with E-state index in [1.54, 1.807) is 0 Å². The predicted molar refractivity (Wildman–Crippen MR) is 116 cm³/mol. The topological polar surface area (TPSA) is 67.6 Å². The lowest BCUT2D eigenvalue weighted by atomic mass is 9.51. The number of aliphatic hydroxyl groups excluding tert-OH is 1. The van der Waals surface area contributed by atoms with Gasteiger partial charge >= 0.3 is 6.09 Å². The molecular formula is C25H31N3O3. The Labute approximate surface area is 183 Å². The molecule has 1 unspecified atom stereocenters. The van der Waals surface area contributed by atoms with E-state index in [2.05, 4.69) is 33.8 Å². The maximum atomic E-state index is 12.8. The Kier molecular flexibility index (Phi) is 3.96. The Hall–Kier alpha value is -2.34. The number of hydrogen-bond donors (Lipinski definition) is 1. The second-order valence-corrected chi connectivity index (χ2v) is 11.1. The average Bonchev–Trinajstić information content (AvgIpc) is 3.37. The van der Waals surface area contributed by atoms with Crippen LogP contribution in [0.2, 0.25) is 0 Å². The Morgan fingerprint density at radius 3 is 2.55 bits per heavy atom.